The number of hydrogen-bond acceptors (Lipinski definition) is 7. The van der Waals surface area contributed by atoms with E-state index < -0.39 is 0 Å². The Labute approximate surface area is 145 Å². The lowest BCUT2D eigenvalue weighted by Gasteiger charge is -2.08. The zero-order valence-electron chi connectivity index (χ0n) is 14.2. The van der Waals surface area contributed by atoms with Gasteiger partial charge < -0.3 is 29.6 Å². The van der Waals surface area contributed by atoms with E-state index in [1.807, 2.05) is 0 Å². The molecule has 0 spiro atoms. The highest BCUT2D eigenvalue weighted by Crippen LogP contribution is 1.85. The Morgan fingerprint density at radius 2 is 1.48 bits per heavy atom. The summed E-state index contributed by atoms with van der Waals surface area (Å²) in [6, 6.07) is 0. The number of thiol groups is 1. The van der Waals surface area contributed by atoms with Crippen molar-refractivity contribution in [2.75, 3.05) is 78.7 Å². The topological polar surface area (TPSA) is 78.1 Å². The van der Waals surface area contributed by atoms with Crippen LogP contribution >= 0.6 is 12.6 Å². The predicted octanol–water partition coefficient (Wildman–Crippen LogP) is 0.0984. The number of ether oxygens (including phenoxy) is 4. The molecule has 0 aliphatic carbocycles. The molecule has 2 N–H and O–H groups in total. The first kappa shape index (κ1) is 22.6. The van der Waals surface area contributed by atoms with Crippen LogP contribution in [0.4, 0.5) is 0 Å². The van der Waals surface area contributed by atoms with Crippen LogP contribution in [0.5, 0.6) is 0 Å². The average Bonchev–Trinajstić information content (AvgIpc) is 2.54. The molecular formula is C15H32N2O5S. The van der Waals surface area contributed by atoms with Crippen molar-refractivity contribution in [2.45, 2.75) is 12.8 Å². The standard InChI is InChI=1S/C15H32N2O5S/c1-19-8-9-21-12-13-22-11-10-20-7-2-4-16-5-6-17-15(18)3-14-23/h16,23H,2-14H2,1H3,(H,17,18). The Kier molecular flexibility index (Phi) is 19.3. The minimum absolute atomic E-state index is 0.0502. The van der Waals surface area contributed by atoms with Gasteiger partial charge >= 0.3 is 0 Å². The molecule has 138 valence electrons. The SMILES string of the molecule is COCCOCCOCCOCCCNCCNC(=O)CCS. The molecule has 0 atom stereocenters. The summed E-state index contributed by atoms with van der Waals surface area (Å²) in [6.45, 7) is 6.53. The largest absolute Gasteiger partial charge is 0.382 e. The number of carbonyl (C=O) groups is 1. The second-order valence-electron chi connectivity index (χ2n) is 4.76. The fraction of sp³-hybridized carbons (Fsp3) is 0.933. The van der Waals surface area contributed by atoms with Crippen LogP contribution in [0.25, 0.3) is 0 Å². The summed E-state index contributed by atoms with van der Waals surface area (Å²) in [4.78, 5) is 11.2. The van der Waals surface area contributed by atoms with Gasteiger partial charge in [0.2, 0.25) is 5.91 Å². The van der Waals surface area contributed by atoms with Crippen LogP contribution in [0.2, 0.25) is 0 Å². The number of amides is 1. The van der Waals surface area contributed by atoms with E-state index in [4.69, 9.17) is 18.9 Å². The minimum Gasteiger partial charge on any atom is -0.382 e. The average molecular weight is 352 g/mol. The lowest BCUT2D eigenvalue weighted by molar-refractivity contribution is -0.120. The predicted molar refractivity (Wildman–Crippen MR) is 93.3 cm³/mol. The quantitative estimate of drug-likeness (QED) is 0.240. The van der Waals surface area contributed by atoms with Crippen LogP contribution < -0.4 is 10.6 Å². The van der Waals surface area contributed by atoms with Gasteiger partial charge in [0.05, 0.1) is 39.6 Å². The van der Waals surface area contributed by atoms with E-state index in [0.29, 0.717) is 65.0 Å². The molecule has 7 nitrogen and oxygen atoms in total. The van der Waals surface area contributed by atoms with E-state index in [0.717, 1.165) is 19.5 Å². The zero-order valence-corrected chi connectivity index (χ0v) is 15.1. The summed E-state index contributed by atoms with van der Waals surface area (Å²) in [5, 5.41) is 6.06. The van der Waals surface area contributed by atoms with Crippen LogP contribution in [-0.2, 0) is 23.7 Å². The van der Waals surface area contributed by atoms with Gasteiger partial charge in [-0.1, -0.05) is 0 Å². The third-order valence-electron chi connectivity index (χ3n) is 2.78. The van der Waals surface area contributed by atoms with Crippen molar-refractivity contribution in [1.29, 1.82) is 0 Å². The van der Waals surface area contributed by atoms with Gasteiger partial charge in [0, 0.05) is 33.2 Å². The molecule has 1 amide bonds. The van der Waals surface area contributed by atoms with E-state index in [9.17, 15) is 4.79 Å². The van der Waals surface area contributed by atoms with E-state index >= 15 is 0 Å². The van der Waals surface area contributed by atoms with Crippen molar-refractivity contribution in [3.8, 4) is 0 Å². The van der Waals surface area contributed by atoms with Gasteiger partial charge in [-0.2, -0.15) is 12.6 Å². The Hall–Kier alpha value is -0.380. The van der Waals surface area contributed by atoms with Gasteiger partial charge in [0.25, 0.3) is 0 Å². The maximum atomic E-state index is 11.2. The van der Waals surface area contributed by atoms with Crippen LogP contribution in [0.3, 0.4) is 0 Å². The molecule has 8 heteroatoms. The number of methoxy groups -OCH3 is 1. The van der Waals surface area contributed by atoms with Crippen molar-refractivity contribution in [1.82, 2.24) is 10.6 Å². The Morgan fingerprint density at radius 3 is 2.09 bits per heavy atom. The van der Waals surface area contributed by atoms with Gasteiger partial charge in [-0.25, -0.2) is 0 Å². The second kappa shape index (κ2) is 19.7. The van der Waals surface area contributed by atoms with Gasteiger partial charge in [0.15, 0.2) is 0 Å². The summed E-state index contributed by atoms with van der Waals surface area (Å²) in [6.07, 6.45) is 1.41. The lowest BCUT2D eigenvalue weighted by atomic mass is 10.4. The van der Waals surface area contributed by atoms with Crippen molar-refractivity contribution in [2.24, 2.45) is 0 Å². The molecule has 0 aliphatic rings. The molecule has 23 heavy (non-hydrogen) atoms. The summed E-state index contributed by atoms with van der Waals surface area (Å²) in [5.74, 6) is 0.635. The van der Waals surface area contributed by atoms with Crippen LogP contribution in [0, 0.1) is 0 Å². The molecule has 0 saturated carbocycles. The fourth-order valence-electron chi connectivity index (χ4n) is 1.59. The van der Waals surface area contributed by atoms with Crippen LogP contribution in [0.1, 0.15) is 12.8 Å². The van der Waals surface area contributed by atoms with Gasteiger partial charge in [-0.05, 0) is 18.7 Å². The fourth-order valence-corrected chi connectivity index (χ4v) is 1.79. The zero-order chi connectivity index (χ0) is 17.0. The van der Waals surface area contributed by atoms with E-state index in [2.05, 4.69) is 23.3 Å². The first-order chi connectivity index (χ1) is 11.3. The molecule has 0 aliphatic heterocycles. The molecule has 0 aromatic carbocycles. The highest BCUT2D eigenvalue weighted by molar-refractivity contribution is 7.80. The third kappa shape index (κ3) is 19.6. The highest BCUT2D eigenvalue weighted by atomic mass is 32.1. The summed E-state index contributed by atoms with van der Waals surface area (Å²) < 4.78 is 20.9. The number of carbonyl (C=O) groups excluding carboxylic acids is 1. The molecular weight excluding hydrogens is 320 g/mol. The Morgan fingerprint density at radius 1 is 0.870 bits per heavy atom. The van der Waals surface area contributed by atoms with Crippen LogP contribution in [0.15, 0.2) is 0 Å². The van der Waals surface area contributed by atoms with Gasteiger partial charge in [-0.15, -0.1) is 0 Å². The number of rotatable bonds is 18. The molecule has 0 fully saturated rings. The summed E-state index contributed by atoms with van der Waals surface area (Å²) >= 11 is 4.00. The van der Waals surface area contributed by atoms with E-state index in [-0.39, 0.29) is 5.91 Å². The molecule has 0 heterocycles. The van der Waals surface area contributed by atoms with Crippen molar-refractivity contribution in [3.63, 3.8) is 0 Å². The maximum Gasteiger partial charge on any atom is 0.220 e. The van der Waals surface area contributed by atoms with Crippen LogP contribution in [-0.4, -0.2) is 84.7 Å². The van der Waals surface area contributed by atoms with Crippen molar-refractivity contribution >= 4 is 18.5 Å². The van der Waals surface area contributed by atoms with Gasteiger partial charge in [0.1, 0.15) is 0 Å². The molecule has 0 aromatic heterocycles. The van der Waals surface area contributed by atoms with Gasteiger partial charge in [-0.3, -0.25) is 4.79 Å². The molecule has 0 aromatic rings. The minimum atomic E-state index is 0.0502. The van der Waals surface area contributed by atoms with E-state index in [1.54, 1.807) is 7.11 Å². The molecule has 0 unspecified atom stereocenters. The number of nitrogens with one attached hydrogen (secondary N) is 2. The maximum absolute atomic E-state index is 11.2. The highest BCUT2D eigenvalue weighted by Gasteiger charge is 1.97. The summed E-state index contributed by atoms with van der Waals surface area (Å²) in [7, 11) is 1.65. The Bertz CT molecular complexity index is 260. The number of hydrogen-bond donors (Lipinski definition) is 3. The second-order valence-corrected chi connectivity index (χ2v) is 5.20. The normalized spacial score (nSPS) is 10.9. The molecule has 0 rings (SSSR count). The molecule has 0 bridgehead atoms. The molecule has 0 radical (unpaired) electrons. The third-order valence-corrected chi connectivity index (χ3v) is 3.00. The van der Waals surface area contributed by atoms with Crippen molar-refractivity contribution < 1.29 is 23.7 Å². The first-order valence-electron chi connectivity index (χ1n) is 8.11. The van der Waals surface area contributed by atoms with E-state index in [1.165, 1.54) is 0 Å². The smallest absolute Gasteiger partial charge is 0.220 e. The van der Waals surface area contributed by atoms with Crippen molar-refractivity contribution in [3.05, 3.63) is 0 Å². The first-order valence-corrected chi connectivity index (χ1v) is 8.75. The summed E-state index contributed by atoms with van der Waals surface area (Å²) in [5.41, 5.74) is 0. The molecule has 0 saturated heterocycles. The Balaban J connectivity index is 3.01. The monoisotopic (exact) mass is 352 g/mol. The lowest BCUT2D eigenvalue weighted by Crippen LogP contribution is -2.32.